The van der Waals surface area contributed by atoms with E-state index in [9.17, 15) is 0 Å². The van der Waals surface area contributed by atoms with Crippen LogP contribution in [0.4, 0.5) is 0 Å². The van der Waals surface area contributed by atoms with Gasteiger partial charge in [-0.05, 0) is 30.5 Å². The Bertz CT molecular complexity index is 273. The van der Waals surface area contributed by atoms with E-state index < -0.39 is 0 Å². The summed E-state index contributed by atoms with van der Waals surface area (Å²) in [7, 11) is 0. The molecule has 0 amide bonds. The Hall–Kier alpha value is -0.0900. The zero-order chi connectivity index (χ0) is 10.4. The van der Waals surface area contributed by atoms with Gasteiger partial charge in [0, 0.05) is 0 Å². The number of nitrogens with one attached hydrogen (secondary N) is 1. The Balaban J connectivity index is 0.000000461. The standard InChI is InChI=1S/C10H12IN.C2H6/c11-10-9-6-2-1-4-8(9)5-3-7-12-10;1-2/h1-2,4,6,10,12H,3,5,7H2;1-2H3. The van der Waals surface area contributed by atoms with Crippen LogP contribution in [0.2, 0.25) is 0 Å². The van der Waals surface area contributed by atoms with Crippen molar-refractivity contribution >= 4 is 22.6 Å². The maximum atomic E-state index is 3.49. The highest BCUT2D eigenvalue weighted by molar-refractivity contribution is 14.1. The van der Waals surface area contributed by atoms with Crippen LogP contribution < -0.4 is 5.32 Å². The average Bonchev–Trinajstić information content (AvgIpc) is 2.45. The minimum Gasteiger partial charge on any atom is -0.302 e. The van der Waals surface area contributed by atoms with Gasteiger partial charge in [-0.3, -0.25) is 0 Å². The number of rotatable bonds is 0. The molecule has 1 aliphatic rings. The zero-order valence-corrected chi connectivity index (χ0v) is 11.0. The molecular formula is C12H18IN. The summed E-state index contributed by atoms with van der Waals surface area (Å²) in [5.41, 5.74) is 2.98. The van der Waals surface area contributed by atoms with Crippen LogP contribution in [0.15, 0.2) is 24.3 Å². The molecule has 1 nitrogen and oxygen atoms in total. The third kappa shape index (κ3) is 2.95. The van der Waals surface area contributed by atoms with Crippen molar-refractivity contribution < 1.29 is 0 Å². The summed E-state index contributed by atoms with van der Waals surface area (Å²) >= 11 is 2.46. The van der Waals surface area contributed by atoms with Gasteiger partial charge in [0.2, 0.25) is 0 Å². The van der Waals surface area contributed by atoms with Crippen LogP contribution in [-0.2, 0) is 6.42 Å². The fraction of sp³-hybridized carbons (Fsp3) is 0.500. The molecule has 2 heteroatoms. The van der Waals surface area contributed by atoms with Crippen LogP contribution in [0.1, 0.15) is 35.4 Å². The Morgan fingerprint density at radius 3 is 2.79 bits per heavy atom. The normalized spacial score (nSPS) is 20.1. The zero-order valence-electron chi connectivity index (χ0n) is 8.89. The van der Waals surface area contributed by atoms with E-state index in [1.165, 1.54) is 24.0 Å². The molecule has 0 radical (unpaired) electrons. The van der Waals surface area contributed by atoms with Crippen molar-refractivity contribution in [2.75, 3.05) is 6.54 Å². The van der Waals surface area contributed by atoms with Crippen molar-refractivity contribution in [1.29, 1.82) is 0 Å². The Morgan fingerprint density at radius 1 is 1.29 bits per heavy atom. The van der Waals surface area contributed by atoms with E-state index in [1.807, 2.05) is 13.8 Å². The molecule has 14 heavy (non-hydrogen) atoms. The maximum absolute atomic E-state index is 3.49. The smallest absolute Gasteiger partial charge is 0.0852 e. The minimum atomic E-state index is 0.501. The third-order valence-electron chi connectivity index (χ3n) is 2.27. The average molecular weight is 303 g/mol. The van der Waals surface area contributed by atoms with Gasteiger partial charge in [-0.1, -0.05) is 60.7 Å². The molecule has 1 N–H and O–H groups in total. The van der Waals surface area contributed by atoms with Crippen LogP contribution in [0, 0.1) is 0 Å². The molecule has 1 atom stereocenters. The summed E-state index contributed by atoms with van der Waals surface area (Å²) in [5.74, 6) is 0. The molecule has 78 valence electrons. The second-order valence-electron chi connectivity index (χ2n) is 3.12. The molecule has 0 aliphatic carbocycles. The Morgan fingerprint density at radius 2 is 2.00 bits per heavy atom. The first-order valence-electron chi connectivity index (χ1n) is 5.33. The lowest BCUT2D eigenvalue weighted by molar-refractivity contribution is 0.684. The molecule has 0 spiro atoms. The van der Waals surface area contributed by atoms with E-state index >= 15 is 0 Å². The van der Waals surface area contributed by atoms with Crippen LogP contribution >= 0.6 is 22.6 Å². The van der Waals surface area contributed by atoms with Gasteiger partial charge in [-0.25, -0.2) is 0 Å². The third-order valence-corrected chi connectivity index (χ3v) is 3.39. The highest BCUT2D eigenvalue weighted by atomic mass is 127. The summed E-state index contributed by atoms with van der Waals surface area (Å²) in [5, 5.41) is 3.49. The maximum Gasteiger partial charge on any atom is 0.0852 e. The molecule has 1 heterocycles. The first-order chi connectivity index (χ1) is 6.88. The van der Waals surface area contributed by atoms with Crippen molar-refractivity contribution in [2.24, 2.45) is 0 Å². The van der Waals surface area contributed by atoms with Gasteiger partial charge < -0.3 is 5.32 Å². The number of alkyl halides is 1. The van der Waals surface area contributed by atoms with E-state index in [2.05, 4.69) is 52.2 Å². The summed E-state index contributed by atoms with van der Waals surface area (Å²) in [4.78, 5) is 0. The molecule has 2 rings (SSSR count). The molecule has 1 aliphatic heterocycles. The molecule has 1 aromatic rings. The lowest BCUT2D eigenvalue weighted by Gasteiger charge is -2.10. The quantitative estimate of drug-likeness (QED) is 0.438. The van der Waals surface area contributed by atoms with E-state index in [0.29, 0.717) is 4.05 Å². The predicted molar refractivity (Wildman–Crippen MR) is 70.9 cm³/mol. The van der Waals surface area contributed by atoms with Crippen molar-refractivity contribution in [3.8, 4) is 0 Å². The molecule has 1 aromatic carbocycles. The van der Waals surface area contributed by atoms with E-state index in [4.69, 9.17) is 0 Å². The molecule has 0 fully saturated rings. The number of hydrogen-bond acceptors (Lipinski definition) is 1. The Labute approximate surface area is 100 Å². The number of halogens is 1. The first kappa shape index (κ1) is 12.0. The summed E-state index contributed by atoms with van der Waals surface area (Å²) < 4.78 is 0.501. The molecule has 1 unspecified atom stereocenters. The van der Waals surface area contributed by atoms with E-state index in [-0.39, 0.29) is 0 Å². The largest absolute Gasteiger partial charge is 0.302 e. The Kier molecular flexibility index (Phi) is 5.48. The number of aryl methyl sites for hydroxylation is 1. The van der Waals surface area contributed by atoms with E-state index in [0.717, 1.165) is 6.54 Å². The van der Waals surface area contributed by atoms with Gasteiger partial charge in [-0.2, -0.15) is 0 Å². The SMILES string of the molecule is CC.IC1NCCCc2ccccc21. The molecular weight excluding hydrogens is 285 g/mol. The van der Waals surface area contributed by atoms with Crippen LogP contribution in [0.3, 0.4) is 0 Å². The molecule has 0 aromatic heterocycles. The molecule has 0 saturated heterocycles. The second-order valence-corrected chi connectivity index (χ2v) is 4.36. The fourth-order valence-electron chi connectivity index (χ4n) is 1.63. The number of benzene rings is 1. The lowest BCUT2D eigenvalue weighted by Crippen LogP contribution is -2.15. The van der Waals surface area contributed by atoms with Crippen LogP contribution in [0.5, 0.6) is 0 Å². The van der Waals surface area contributed by atoms with Crippen LogP contribution in [-0.4, -0.2) is 6.54 Å². The van der Waals surface area contributed by atoms with Crippen LogP contribution in [0.25, 0.3) is 0 Å². The second kappa shape index (κ2) is 6.40. The highest BCUT2D eigenvalue weighted by Gasteiger charge is 2.13. The summed E-state index contributed by atoms with van der Waals surface area (Å²) in [6.07, 6.45) is 2.49. The highest BCUT2D eigenvalue weighted by Crippen LogP contribution is 2.26. The van der Waals surface area contributed by atoms with Gasteiger partial charge in [0.1, 0.15) is 0 Å². The fourth-order valence-corrected chi connectivity index (χ4v) is 2.55. The summed E-state index contributed by atoms with van der Waals surface area (Å²) in [6.45, 7) is 5.14. The van der Waals surface area contributed by atoms with Gasteiger partial charge >= 0.3 is 0 Å². The number of hydrogen-bond donors (Lipinski definition) is 1. The first-order valence-corrected chi connectivity index (χ1v) is 6.58. The molecule has 0 bridgehead atoms. The lowest BCUT2D eigenvalue weighted by atomic mass is 10.0. The topological polar surface area (TPSA) is 12.0 Å². The minimum absolute atomic E-state index is 0.501. The summed E-state index contributed by atoms with van der Waals surface area (Å²) in [6, 6.07) is 8.73. The van der Waals surface area contributed by atoms with Gasteiger partial charge in [0.05, 0.1) is 4.05 Å². The number of fused-ring (bicyclic) bond motifs is 1. The molecule has 0 saturated carbocycles. The van der Waals surface area contributed by atoms with Gasteiger partial charge in [0.25, 0.3) is 0 Å². The van der Waals surface area contributed by atoms with Crippen molar-refractivity contribution in [3.63, 3.8) is 0 Å². The monoisotopic (exact) mass is 303 g/mol. The van der Waals surface area contributed by atoms with Crippen molar-refractivity contribution in [1.82, 2.24) is 5.32 Å². The van der Waals surface area contributed by atoms with Crippen molar-refractivity contribution in [2.45, 2.75) is 30.7 Å². The predicted octanol–water partition coefficient (Wildman–Crippen LogP) is 3.68. The van der Waals surface area contributed by atoms with Gasteiger partial charge in [-0.15, -0.1) is 0 Å². The van der Waals surface area contributed by atoms with E-state index in [1.54, 1.807) is 0 Å². The van der Waals surface area contributed by atoms with Crippen molar-refractivity contribution in [3.05, 3.63) is 35.4 Å². The van der Waals surface area contributed by atoms with Gasteiger partial charge in [0.15, 0.2) is 0 Å².